The van der Waals surface area contributed by atoms with Gasteiger partial charge in [0.05, 0.1) is 17.0 Å². The second-order valence-corrected chi connectivity index (χ2v) is 9.60. The third-order valence-electron chi connectivity index (χ3n) is 6.93. The first-order valence-corrected chi connectivity index (χ1v) is 11.9. The Labute approximate surface area is 196 Å². The van der Waals surface area contributed by atoms with Gasteiger partial charge in [-0.3, -0.25) is 19.5 Å². The third-order valence-corrected chi connectivity index (χ3v) is 6.93. The zero-order chi connectivity index (χ0) is 23.2. The Hall–Kier alpha value is -3.39. The minimum Gasteiger partial charge on any atom is -0.320 e. The fraction of sp³-hybridized carbons (Fsp3) is 0.385. The van der Waals surface area contributed by atoms with Gasteiger partial charge >= 0.3 is 0 Å². The summed E-state index contributed by atoms with van der Waals surface area (Å²) in [5.41, 5.74) is 5.85. The molecule has 4 heterocycles. The summed E-state index contributed by atoms with van der Waals surface area (Å²) in [7, 11) is 0. The van der Waals surface area contributed by atoms with Crippen LogP contribution >= 0.6 is 0 Å². The SMILES string of the molecule is O=C(Nc1ccc(C2=CCN(Cc3cnc4cc(C5CC5)c(=O)[nH]c4c3)CC2)cn1)[C@H]1C[C@@H]1F. The van der Waals surface area contributed by atoms with Gasteiger partial charge < -0.3 is 10.3 Å². The highest BCUT2D eigenvalue weighted by Gasteiger charge is 2.43. The van der Waals surface area contributed by atoms with Crippen LogP contribution in [-0.4, -0.2) is 45.0 Å². The van der Waals surface area contributed by atoms with Gasteiger partial charge in [-0.05, 0) is 72.6 Å². The van der Waals surface area contributed by atoms with Gasteiger partial charge in [0, 0.05) is 37.6 Å². The van der Waals surface area contributed by atoms with Crippen LogP contribution in [0.1, 0.15) is 48.3 Å². The summed E-state index contributed by atoms with van der Waals surface area (Å²) in [5, 5.41) is 2.68. The number of nitrogens with one attached hydrogen (secondary N) is 2. The topological polar surface area (TPSA) is 91.0 Å². The molecule has 34 heavy (non-hydrogen) atoms. The van der Waals surface area contributed by atoms with Crippen molar-refractivity contribution < 1.29 is 9.18 Å². The van der Waals surface area contributed by atoms with Crippen LogP contribution < -0.4 is 10.9 Å². The molecular weight excluding hydrogens is 433 g/mol. The van der Waals surface area contributed by atoms with Gasteiger partial charge in [-0.1, -0.05) is 6.08 Å². The average molecular weight is 460 g/mol. The molecule has 174 valence electrons. The summed E-state index contributed by atoms with van der Waals surface area (Å²) >= 11 is 0. The Morgan fingerprint density at radius 1 is 1.21 bits per heavy atom. The number of carbonyl (C=O) groups excluding carboxylic acids is 1. The van der Waals surface area contributed by atoms with Gasteiger partial charge in [0.25, 0.3) is 5.56 Å². The Morgan fingerprint density at radius 3 is 2.74 bits per heavy atom. The molecule has 0 aromatic carbocycles. The first-order chi connectivity index (χ1) is 16.5. The van der Waals surface area contributed by atoms with Crippen molar-refractivity contribution >= 4 is 28.3 Å². The monoisotopic (exact) mass is 459 g/mol. The van der Waals surface area contributed by atoms with Crippen LogP contribution in [0.15, 0.2) is 47.5 Å². The molecule has 1 aliphatic heterocycles. The lowest BCUT2D eigenvalue weighted by Gasteiger charge is -2.26. The Bertz CT molecular complexity index is 1350. The molecule has 8 heteroatoms. The van der Waals surface area contributed by atoms with Crippen molar-refractivity contribution in [3.8, 4) is 0 Å². The highest BCUT2D eigenvalue weighted by Crippen LogP contribution is 2.38. The van der Waals surface area contributed by atoms with Crippen LogP contribution in [0.25, 0.3) is 16.6 Å². The highest BCUT2D eigenvalue weighted by molar-refractivity contribution is 5.94. The van der Waals surface area contributed by atoms with Crippen molar-refractivity contribution in [1.29, 1.82) is 0 Å². The normalized spacial score (nSPS) is 22.4. The van der Waals surface area contributed by atoms with Crippen LogP contribution in [0.4, 0.5) is 10.2 Å². The van der Waals surface area contributed by atoms with Gasteiger partial charge in [0.2, 0.25) is 5.91 Å². The van der Waals surface area contributed by atoms with Crippen LogP contribution in [0.3, 0.4) is 0 Å². The van der Waals surface area contributed by atoms with E-state index in [4.69, 9.17) is 0 Å². The van der Waals surface area contributed by atoms with E-state index >= 15 is 0 Å². The van der Waals surface area contributed by atoms with E-state index in [-0.39, 0.29) is 11.5 Å². The molecule has 7 nitrogen and oxygen atoms in total. The van der Waals surface area contributed by atoms with Gasteiger partial charge in [-0.25, -0.2) is 9.37 Å². The van der Waals surface area contributed by atoms with Crippen molar-refractivity contribution in [2.75, 3.05) is 18.4 Å². The molecule has 0 unspecified atom stereocenters. The number of fused-ring (bicyclic) bond motifs is 1. The van der Waals surface area contributed by atoms with Crippen LogP contribution in [0, 0.1) is 5.92 Å². The number of H-pyrrole nitrogens is 1. The van der Waals surface area contributed by atoms with Crippen molar-refractivity contribution in [2.24, 2.45) is 5.92 Å². The van der Waals surface area contributed by atoms with E-state index in [9.17, 15) is 14.0 Å². The molecule has 2 saturated carbocycles. The maximum Gasteiger partial charge on any atom is 0.252 e. The fourth-order valence-electron chi connectivity index (χ4n) is 4.61. The van der Waals surface area contributed by atoms with Crippen molar-refractivity contribution in [1.82, 2.24) is 19.9 Å². The number of aromatic amines is 1. The molecule has 2 fully saturated rings. The van der Waals surface area contributed by atoms with Crippen LogP contribution in [-0.2, 0) is 11.3 Å². The summed E-state index contributed by atoms with van der Waals surface area (Å²) in [5.74, 6) is 0.0422. The molecule has 3 aromatic rings. The molecular formula is C26H26FN5O2. The maximum absolute atomic E-state index is 13.0. The number of nitrogens with zero attached hydrogens (tertiary/aromatic N) is 3. The molecule has 2 N–H and O–H groups in total. The van der Waals surface area contributed by atoms with Crippen molar-refractivity contribution in [3.05, 3.63) is 69.8 Å². The van der Waals surface area contributed by atoms with Crippen LogP contribution in [0.5, 0.6) is 0 Å². The number of amides is 1. The number of rotatable bonds is 6. The van der Waals surface area contributed by atoms with E-state index in [2.05, 4.69) is 31.2 Å². The second kappa shape index (κ2) is 8.43. The van der Waals surface area contributed by atoms with Crippen molar-refractivity contribution in [2.45, 2.75) is 44.3 Å². The Morgan fingerprint density at radius 2 is 2.06 bits per heavy atom. The number of aromatic nitrogens is 3. The number of carbonyl (C=O) groups is 1. The molecule has 0 spiro atoms. The van der Waals surface area contributed by atoms with Gasteiger partial charge in [-0.15, -0.1) is 0 Å². The quantitative estimate of drug-likeness (QED) is 0.586. The molecule has 6 rings (SSSR count). The van der Waals surface area contributed by atoms with E-state index in [1.54, 1.807) is 12.3 Å². The van der Waals surface area contributed by atoms with E-state index < -0.39 is 12.1 Å². The smallest absolute Gasteiger partial charge is 0.252 e. The zero-order valence-corrected chi connectivity index (χ0v) is 18.8. The lowest BCUT2D eigenvalue weighted by molar-refractivity contribution is -0.117. The number of alkyl halides is 1. The lowest BCUT2D eigenvalue weighted by Crippen LogP contribution is -2.28. The average Bonchev–Trinajstić information content (AvgIpc) is 3.77. The summed E-state index contributed by atoms with van der Waals surface area (Å²) in [6, 6.07) is 7.69. The summed E-state index contributed by atoms with van der Waals surface area (Å²) in [4.78, 5) is 38.5. The van der Waals surface area contributed by atoms with E-state index in [0.717, 1.165) is 66.6 Å². The summed E-state index contributed by atoms with van der Waals surface area (Å²) in [6.45, 7) is 2.47. The number of hydrogen-bond donors (Lipinski definition) is 2. The Balaban J connectivity index is 1.09. The number of hydrogen-bond acceptors (Lipinski definition) is 5. The van der Waals surface area contributed by atoms with Gasteiger partial charge in [-0.2, -0.15) is 0 Å². The molecule has 0 bridgehead atoms. The number of pyridine rings is 3. The second-order valence-electron chi connectivity index (χ2n) is 9.60. The standard InChI is InChI=1S/C26H26FN5O2/c27-21-10-20(21)26(34)31-24-4-3-18(13-29-24)16-5-7-32(8-6-16)14-15-9-23-22(28-12-15)11-19(17-1-2-17)25(33)30-23/h3-5,9,11-13,17,20-21H,1-2,6-8,10,14H2,(H,30,33)(H,29,31,34)/t20-,21-/m0/s1. The number of halogens is 1. The summed E-state index contributed by atoms with van der Waals surface area (Å²) < 4.78 is 13.0. The molecule has 0 saturated heterocycles. The van der Waals surface area contributed by atoms with E-state index in [1.165, 1.54) is 5.57 Å². The van der Waals surface area contributed by atoms with Gasteiger partial charge in [0.15, 0.2) is 0 Å². The molecule has 3 aliphatic rings. The molecule has 3 aromatic heterocycles. The van der Waals surface area contributed by atoms with Gasteiger partial charge in [0.1, 0.15) is 12.0 Å². The largest absolute Gasteiger partial charge is 0.320 e. The highest BCUT2D eigenvalue weighted by atomic mass is 19.1. The minimum atomic E-state index is -1.01. The first kappa shape index (κ1) is 21.2. The van der Waals surface area contributed by atoms with Crippen LogP contribution in [0.2, 0.25) is 0 Å². The maximum atomic E-state index is 13.0. The predicted octanol–water partition coefficient (Wildman–Crippen LogP) is 3.78. The predicted molar refractivity (Wildman–Crippen MR) is 128 cm³/mol. The van der Waals surface area contributed by atoms with Crippen molar-refractivity contribution in [3.63, 3.8) is 0 Å². The third kappa shape index (κ3) is 4.37. The minimum absolute atomic E-state index is 0.0119. The zero-order valence-electron chi connectivity index (χ0n) is 18.8. The van der Waals surface area contributed by atoms with E-state index in [0.29, 0.717) is 18.2 Å². The molecule has 1 amide bonds. The fourth-order valence-corrected chi connectivity index (χ4v) is 4.61. The molecule has 2 aliphatic carbocycles. The summed E-state index contributed by atoms with van der Waals surface area (Å²) in [6.07, 6.45) is 8.24. The Kier molecular flexibility index (Phi) is 5.25. The first-order valence-electron chi connectivity index (χ1n) is 11.9. The molecule has 0 radical (unpaired) electrons. The number of anilines is 1. The molecule has 2 atom stereocenters. The van der Waals surface area contributed by atoms with E-state index in [1.807, 2.05) is 24.4 Å². The lowest BCUT2D eigenvalue weighted by atomic mass is 10.0.